The van der Waals surface area contributed by atoms with Crippen molar-refractivity contribution in [2.45, 2.75) is 41.5 Å². The Morgan fingerprint density at radius 1 is 0.385 bits per heavy atom. The molecule has 1 heteroatoms. The van der Waals surface area contributed by atoms with E-state index in [1.165, 1.54) is 33.4 Å². The van der Waals surface area contributed by atoms with Crippen LogP contribution in [-0.2, 0) is 21.1 Å². The standard InChI is InChI=1S/C12H18.Mo/c1-7-8(2)10(4)12(6)11(5)9(7)3;/h1-6H3;. The molecule has 0 aliphatic heterocycles. The molecule has 0 bridgehead atoms. The minimum Gasteiger partial charge on any atom is -0.0447 e. The molecule has 0 fully saturated rings. The van der Waals surface area contributed by atoms with Crippen LogP contribution in [0.5, 0.6) is 0 Å². The molecule has 0 aromatic heterocycles. The first-order chi connectivity index (χ1) is 5.46. The fourth-order valence-electron chi connectivity index (χ4n) is 1.69. The van der Waals surface area contributed by atoms with Crippen molar-refractivity contribution in [3.05, 3.63) is 33.4 Å². The van der Waals surface area contributed by atoms with Crippen LogP contribution in [0, 0.1) is 41.5 Å². The molecule has 13 heavy (non-hydrogen) atoms. The van der Waals surface area contributed by atoms with E-state index in [-0.39, 0.29) is 21.1 Å². The van der Waals surface area contributed by atoms with Gasteiger partial charge in [-0.05, 0) is 74.9 Å². The van der Waals surface area contributed by atoms with Gasteiger partial charge in [-0.15, -0.1) is 0 Å². The van der Waals surface area contributed by atoms with Crippen molar-refractivity contribution in [3.8, 4) is 0 Å². The van der Waals surface area contributed by atoms with Crippen LogP contribution in [0.4, 0.5) is 0 Å². The summed E-state index contributed by atoms with van der Waals surface area (Å²) in [5.74, 6) is 0. The summed E-state index contributed by atoms with van der Waals surface area (Å²) in [5.41, 5.74) is 8.73. The zero-order chi connectivity index (χ0) is 9.46. The molecule has 0 saturated heterocycles. The Morgan fingerprint density at radius 3 is 0.538 bits per heavy atom. The molecular formula is C12H18Mo. The van der Waals surface area contributed by atoms with Gasteiger partial charge in [-0.2, -0.15) is 0 Å². The van der Waals surface area contributed by atoms with E-state index in [9.17, 15) is 0 Å². The van der Waals surface area contributed by atoms with Crippen molar-refractivity contribution in [1.82, 2.24) is 0 Å². The normalized spacial score (nSPS) is 9.69. The molecule has 0 heterocycles. The molecule has 0 aliphatic carbocycles. The van der Waals surface area contributed by atoms with Gasteiger partial charge in [-0.25, -0.2) is 0 Å². The second-order valence-corrected chi connectivity index (χ2v) is 3.75. The van der Waals surface area contributed by atoms with Crippen LogP contribution in [-0.4, -0.2) is 0 Å². The molecule has 0 spiro atoms. The van der Waals surface area contributed by atoms with Crippen molar-refractivity contribution in [3.63, 3.8) is 0 Å². The average Bonchev–Trinajstić information content (AvgIpc) is 2.08. The Morgan fingerprint density at radius 2 is 0.462 bits per heavy atom. The summed E-state index contributed by atoms with van der Waals surface area (Å²) in [6.45, 7) is 13.3. The minimum atomic E-state index is 0. The van der Waals surface area contributed by atoms with E-state index in [0.717, 1.165) is 0 Å². The first-order valence-corrected chi connectivity index (χ1v) is 4.50. The quantitative estimate of drug-likeness (QED) is 0.624. The van der Waals surface area contributed by atoms with Crippen molar-refractivity contribution in [2.24, 2.45) is 0 Å². The van der Waals surface area contributed by atoms with Gasteiger partial charge in [0.15, 0.2) is 0 Å². The maximum atomic E-state index is 2.21. The molecule has 0 amide bonds. The summed E-state index contributed by atoms with van der Waals surface area (Å²) in [7, 11) is 0. The maximum Gasteiger partial charge on any atom is 0 e. The molecule has 72 valence electrons. The van der Waals surface area contributed by atoms with Gasteiger partial charge in [-0.1, -0.05) is 0 Å². The van der Waals surface area contributed by atoms with Crippen LogP contribution < -0.4 is 0 Å². The summed E-state index contributed by atoms with van der Waals surface area (Å²) < 4.78 is 0. The zero-order valence-corrected chi connectivity index (χ0v) is 11.4. The van der Waals surface area contributed by atoms with Crippen LogP contribution in [0.1, 0.15) is 33.4 Å². The summed E-state index contributed by atoms with van der Waals surface area (Å²) in [6.07, 6.45) is 0. The summed E-state index contributed by atoms with van der Waals surface area (Å²) in [6, 6.07) is 0. The van der Waals surface area contributed by atoms with E-state index in [0.29, 0.717) is 0 Å². The molecule has 0 radical (unpaired) electrons. The van der Waals surface area contributed by atoms with Gasteiger partial charge in [0.1, 0.15) is 0 Å². The van der Waals surface area contributed by atoms with Crippen molar-refractivity contribution >= 4 is 0 Å². The Labute approximate surface area is 96.0 Å². The first kappa shape index (κ1) is 12.9. The largest absolute Gasteiger partial charge is 0.0447 e. The molecule has 1 aromatic carbocycles. The monoisotopic (exact) mass is 260 g/mol. The Bertz CT molecular complexity index is 219. The van der Waals surface area contributed by atoms with Crippen LogP contribution in [0.2, 0.25) is 0 Å². The van der Waals surface area contributed by atoms with Gasteiger partial charge in [-0.3, -0.25) is 0 Å². The van der Waals surface area contributed by atoms with Crippen LogP contribution in [0.25, 0.3) is 0 Å². The van der Waals surface area contributed by atoms with Crippen LogP contribution in [0.15, 0.2) is 0 Å². The van der Waals surface area contributed by atoms with Gasteiger partial charge >= 0.3 is 0 Å². The first-order valence-electron chi connectivity index (χ1n) is 4.50. The second kappa shape index (κ2) is 4.42. The third kappa shape index (κ3) is 2.05. The third-order valence-corrected chi connectivity index (χ3v) is 3.38. The molecule has 0 unspecified atom stereocenters. The van der Waals surface area contributed by atoms with E-state index >= 15 is 0 Å². The van der Waals surface area contributed by atoms with E-state index in [2.05, 4.69) is 41.5 Å². The number of hydrogen-bond acceptors (Lipinski definition) is 0. The molecule has 1 rings (SSSR count). The fourth-order valence-corrected chi connectivity index (χ4v) is 1.69. The van der Waals surface area contributed by atoms with E-state index < -0.39 is 0 Å². The molecule has 0 nitrogen and oxygen atoms in total. The third-order valence-electron chi connectivity index (χ3n) is 3.38. The van der Waals surface area contributed by atoms with Gasteiger partial charge in [0.05, 0.1) is 0 Å². The van der Waals surface area contributed by atoms with Gasteiger partial charge in [0.25, 0.3) is 0 Å². The molecule has 0 N–H and O–H groups in total. The van der Waals surface area contributed by atoms with Crippen LogP contribution in [0.3, 0.4) is 0 Å². The summed E-state index contributed by atoms with van der Waals surface area (Å²) in [4.78, 5) is 0. The number of hydrogen-bond donors (Lipinski definition) is 0. The Kier molecular flexibility index (Phi) is 4.39. The molecule has 0 atom stereocenters. The Balaban J connectivity index is 0.00000144. The summed E-state index contributed by atoms with van der Waals surface area (Å²) >= 11 is 0. The number of rotatable bonds is 0. The van der Waals surface area contributed by atoms with Crippen molar-refractivity contribution < 1.29 is 21.1 Å². The minimum absolute atomic E-state index is 0. The summed E-state index contributed by atoms with van der Waals surface area (Å²) in [5, 5.41) is 0. The van der Waals surface area contributed by atoms with Gasteiger partial charge in [0, 0.05) is 21.1 Å². The van der Waals surface area contributed by atoms with Crippen molar-refractivity contribution in [1.29, 1.82) is 0 Å². The SMILES string of the molecule is Cc1c(C)c(C)c(C)c(C)c1C.[Mo]. The van der Waals surface area contributed by atoms with E-state index in [1.54, 1.807) is 0 Å². The number of benzene rings is 1. The van der Waals surface area contributed by atoms with E-state index in [1.807, 2.05) is 0 Å². The average molecular weight is 258 g/mol. The second-order valence-electron chi connectivity index (χ2n) is 3.75. The molecular weight excluding hydrogens is 240 g/mol. The predicted octanol–water partition coefficient (Wildman–Crippen LogP) is 3.53. The topological polar surface area (TPSA) is 0 Å². The van der Waals surface area contributed by atoms with E-state index in [4.69, 9.17) is 0 Å². The van der Waals surface area contributed by atoms with Gasteiger partial charge < -0.3 is 0 Å². The molecule has 0 aliphatic rings. The van der Waals surface area contributed by atoms with Gasteiger partial charge in [0.2, 0.25) is 0 Å². The smallest absolute Gasteiger partial charge is 0 e. The maximum absolute atomic E-state index is 2.21. The molecule has 0 saturated carbocycles. The van der Waals surface area contributed by atoms with Crippen molar-refractivity contribution in [2.75, 3.05) is 0 Å². The fraction of sp³-hybridized carbons (Fsp3) is 0.500. The predicted molar refractivity (Wildman–Crippen MR) is 54.9 cm³/mol. The molecule has 1 aromatic rings. The van der Waals surface area contributed by atoms with Crippen LogP contribution >= 0.6 is 0 Å². The Hall–Kier alpha value is -0.0917. The zero-order valence-electron chi connectivity index (χ0n) is 9.41.